The van der Waals surface area contributed by atoms with Gasteiger partial charge in [0.25, 0.3) is 0 Å². The van der Waals surface area contributed by atoms with E-state index in [2.05, 4.69) is 0 Å². The van der Waals surface area contributed by atoms with Gasteiger partial charge in [-0.2, -0.15) is 0 Å². The number of hydrogen-bond donors (Lipinski definition) is 0. The molecule has 46 heavy (non-hydrogen) atoms. The zero-order chi connectivity index (χ0) is 32.7. The fourth-order valence-corrected chi connectivity index (χ4v) is 6.38. The molecule has 10 nitrogen and oxygen atoms in total. The van der Waals surface area contributed by atoms with Crippen LogP contribution in [0.15, 0.2) is 60.7 Å². The molecule has 4 rings (SSSR count). The highest BCUT2D eigenvalue weighted by Gasteiger charge is 2.40. The fraction of sp³-hybridized carbons (Fsp3) is 0.556. The number of hydrogen-bond acceptors (Lipinski definition) is 8. The quantitative estimate of drug-likeness (QED) is 0.233. The van der Waals surface area contributed by atoms with E-state index in [1.54, 1.807) is 24.0 Å². The molecule has 250 valence electrons. The van der Waals surface area contributed by atoms with E-state index in [1.165, 1.54) is 0 Å². The second kappa shape index (κ2) is 18.4. The van der Waals surface area contributed by atoms with Crippen LogP contribution in [0.1, 0.15) is 62.5 Å². The molecule has 0 N–H and O–H groups in total. The minimum absolute atomic E-state index is 0.113. The summed E-state index contributed by atoms with van der Waals surface area (Å²) in [6.07, 6.45) is 4.40. The Bertz CT molecular complexity index is 1160. The SMILES string of the molecule is COCCC(CCC(CCOC)C(=O)N1CCCC1C(=O)OCc1ccccc1)C(=O)N1CCCC1C(=O)OCc1ccccc1. The number of benzene rings is 2. The van der Waals surface area contributed by atoms with Crippen molar-refractivity contribution < 1.29 is 38.1 Å². The zero-order valence-electron chi connectivity index (χ0n) is 27.1. The van der Waals surface area contributed by atoms with Crippen LogP contribution in [0.3, 0.4) is 0 Å². The topological polar surface area (TPSA) is 112 Å². The van der Waals surface area contributed by atoms with Crippen LogP contribution in [-0.2, 0) is 51.3 Å². The van der Waals surface area contributed by atoms with Crippen LogP contribution in [0.4, 0.5) is 0 Å². The van der Waals surface area contributed by atoms with E-state index in [9.17, 15) is 19.2 Å². The number of carbonyl (C=O) groups excluding carboxylic acids is 4. The van der Waals surface area contributed by atoms with Crippen molar-refractivity contribution in [1.29, 1.82) is 0 Å². The van der Waals surface area contributed by atoms with E-state index in [0.717, 1.165) is 24.0 Å². The molecule has 2 aliphatic rings. The van der Waals surface area contributed by atoms with Crippen LogP contribution in [0.2, 0.25) is 0 Å². The van der Waals surface area contributed by atoms with Crippen LogP contribution >= 0.6 is 0 Å². The summed E-state index contributed by atoms with van der Waals surface area (Å²) >= 11 is 0. The maximum atomic E-state index is 13.9. The third kappa shape index (κ3) is 9.87. The normalized spacial score (nSPS) is 19.1. The maximum absolute atomic E-state index is 13.9. The largest absolute Gasteiger partial charge is 0.459 e. The molecular formula is C36H48N2O8. The van der Waals surface area contributed by atoms with Gasteiger partial charge in [0, 0.05) is 52.4 Å². The highest BCUT2D eigenvalue weighted by molar-refractivity contribution is 5.87. The van der Waals surface area contributed by atoms with E-state index in [-0.39, 0.29) is 25.0 Å². The lowest BCUT2D eigenvalue weighted by Gasteiger charge is -2.30. The molecule has 0 aliphatic carbocycles. The summed E-state index contributed by atoms with van der Waals surface area (Å²) in [6.45, 7) is 2.05. The Morgan fingerprint density at radius 2 is 1.02 bits per heavy atom. The van der Waals surface area contributed by atoms with E-state index in [4.69, 9.17) is 18.9 Å². The van der Waals surface area contributed by atoms with Crippen molar-refractivity contribution in [1.82, 2.24) is 9.80 Å². The molecule has 2 heterocycles. The van der Waals surface area contributed by atoms with Gasteiger partial charge >= 0.3 is 11.9 Å². The Morgan fingerprint density at radius 1 is 0.630 bits per heavy atom. The predicted molar refractivity (Wildman–Crippen MR) is 171 cm³/mol. The highest BCUT2D eigenvalue weighted by atomic mass is 16.5. The van der Waals surface area contributed by atoms with Crippen molar-refractivity contribution in [2.75, 3.05) is 40.5 Å². The number of nitrogens with zero attached hydrogens (tertiary/aromatic N) is 2. The Hall–Kier alpha value is -3.76. The van der Waals surface area contributed by atoms with Gasteiger partial charge in [-0.1, -0.05) is 60.7 Å². The maximum Gasteiger partial charge on any atom is 0.329 e. The summed E-state index contributed by atoms with van der Waals surface area (Å²) in [5.41, 5.74) is 1.78. The van der Waals surface area contributed by atoms with Crippen LogP contribution in [0, 0.1) is 11.8 Å². The summed E-state index contributed by atoms with van der Waals surface area (Å²) in [6, 6.07) is 17.7. The lowest BCUT2D eigenvalue weighted by Crippen LogP contribution is -2.45. The molecule has 0 aromatic heterocycles. The lowest BCUT2D eigenvalue weighted by molar-refractivity contribution is -0.156. The molecule has 2 aliphatic heterocycles. The predicted octanol–water partition coefficient (Wildman–Crippen LogP) is 4.54. The summed E-state index contributed by atoms with van der Waals surface area (Å²) in [5, 5.41) is 0. The van der Waals surface area contributed by atoms with Crippen LogP contribution in [0.5, 0.6) is 0 Å². The van der Waals surface area contributed by atoms with Gasteiger partial charge in [-0.3, -0.25) is 9.59 Å². The summed E-state index contributed by atoms with van der Waals surface area (Å²) in [4.78, 5) is 57.2. The molecule has 2 saturated heterocycles. The Balaban J connectivity index is 1.38. The molecule has 2 fully saturated rings. The Kier molecular flexibility index (Phi) is 14.0. The molecule has 4 atom stereocenters. The van der Waals surface area contributed by atoms with Crippen molar-refractivity contribution >= 4 is 23.8 Å². The molecule has 2 aromatic rings. The first-order valence-electron chi connectivity index (χ1n) is 16.4. The molecular weight excluding hydrogens is 588 g/mol. The lowest BCUT2D eigenvalue weighted by atomic mass is 9.89. The van der Waals surface area contributed by atoms with Gasteiger partial charge in [0.1, 0.15) is 25.3 Å². The first kappa shape index (κ1) is 35.1. The van der Waals surface area contributed by atoms with Crippen LogP contribution in [0.25, 0.3) is 0 Å². The second-order valence-electron chi connectivity index (χ2n) is 12.1. The molecule has 10 heteroatoms. The number of carbonyl (C=O) groups is 4. The van der Waals surface area contributed by atoms with Crippen LogP contribution < -0.4 is 0 Å². The number of ether oxygens (including phenoxy) is 4. The highest BCUT2D eigenvalue weighted by Crippen LogP contribution is 2.29. The van der Waals surface area contributed by atoms with Gasteiger partial charge in [0.15, 0.2) is 0 Å². The monoisotopic (exact) mass is 636 g/mol. The number of amides is 2. The zero-order valence-corrected chi connectivity index (χ0v) is 27.1. The Labute approximate surface area is 272 Å². The minimum atomic E-state index is -0.626. The molecule has 2 amide bonds. The fourth-order valence-electron chi connectivity index (χ4n) is 6.38. The van der Waals surface area contributed by atoms with Gasteiger partial charge in [0.05, 0.1) is 0 Å². The molecule has 0 saturated carbocycles. The second-order valence-corrected chi connectivity index (χ2v) is 12.1. The van der Waals surface area contributed by atoms with Gasteiger partial charge in [0.2, 0.25) is 11.8 Å². The minimum Gasteiger partial charge on any atom is -0.459 e. The smallest absolute Gasteiger partial charge is 0.329 e. The van der Waals surface area contributed by atoms with E-state index >= 15 is 0 Å². The van der Waals surface area contributed by atoms with Crippen LogP contribution in [-0.4, -0.2) is 86.2 Å². The number of likely N-dealkylation sites (tertiary alicyclic amines) is 2. The van der Waals surface area contributed by atoms with Gasteiger partial charge in [-0.05, 0) is 62.5 Å². The number of esters is 2. The van der Waals surface area contributed by atoms with Gasteiger partial charge in [-0.15, -0.1) is 0 Å². The first-order valence-corrected chi connectivity index (χ1v) is 16.4. The van der Waals surface area contributed by atoms with Gasteiger partial charge in [-0.25, -0.2) is 9.59 Å². The van der Waals surface area contributed by atoms with Crippen molar-refractivity contribution in [2.24, 2.45) is 11.8 Å². The Morgan fingerprint density at radius 3 is 1.39 bits per heavy atom. The van der Waals surface area contributed by atoms with Crippen molar-refractivity contribution in [3.8, 4) is 0 Å². The molecule has 0 spiro atoms. The van der Waals surface area contributed by atoms with E-state index in [0.29, 0.717) is 64.8 Å². The summed E-state index contributed by atoms with van der Waals surface area (Å²) in [5.74, 6) is -1.87. The van der Waals surface area contributed by atoms with Crippen molar-refractivity contribution in [3.63, 3.8) is 0 Å². The van der Waals surface area contributed by atoms with Crippen molar-refractivity contribution in [3.05, 3.63) is 71.8 Å². The van der Waals surface area contributed by atoms with E-state index < -0.39 is 35.9 Å². The van der Waals surface area contributed by atoms with Crippen molar-refractivity contribution in [2.45, 2.75) is 76.7 Å². The molecule has 4 unspecified atom stereocenters. The molecule has 0 bridgehead atoms. The average molecular weight is 637 g/mol. The third-order valence-corrected chi connectivity index (χ3v) is 8.97. The first-order chi connectivity index (χ1) is 22.4. The molecule has 2 aromatic carbocycles. The van der Waals surface area contributed by atoms with E-state index in [1.807, 2.05) is 60.7 Å². The average Bonchev–Trinajstić information content (AvgIpc) is 3.79. The van der Waals surface area contributed by atoms with Gasteiger partial charge < -0.3 is 28.7 Å². The number of rotatable bonds is 17. The standard InChI is InChI=1S/C36H48N2O8/c1-43-23-19-29(33(39)37-21-9-15-31(37)35(41)45-25-27-11-5-3-6-12-27)17-18-30(20-24-44-2)34(40)38-22-10-16-32(38)36(42)46-26-28-13-7-4-8-14-28/h3-8,11-14,29-32H,9-10,15-26H2,1-2H3. The molecule has 0 radical (unpaired) electrons. The summed E-state index contributed by atoms with van der Waals surface area (Å²) in [7, 11) is 3.19. The number of methoxy groups -OCH3 is 2. The summed E-state index contributed by atoms with van der Waals surface area (Å²) < 4.78 is 21.9. The third-order valence-electron chi connectivity index (χ3n) is 8.97.